The third-order valence-corrected chi connectivity index (χ3v) is 5.44. The third-order valence-electron chi connectivity index (χ3n) is 5.44. The second-order valence-electron chi connectivity index (χ2n) is 9.00. The van der Waals surface area contributed by atoms with Gasteiger partial charge in [-0.2, -0.15) is 0 Å². The molecule has 150 valence electrons. The van der Waals surface area contributed by atoms with Gasteiger partial charge in [0.2, 0.25) is 0 Å². The predicted molar refractivity (Wildman–Crippen MR) is 115 cm³/mol. The van der Waals surface area contributed by atoms with E-state index in [1.165, 1.54) is 16.7 Å². The smallest absolute Gasteiger partial charge is 0.254 e. The van der Waals surface area contributed by atoms with Gasteiger partial charge < -0.3 is 10.2 Å². The zero-order valence-electron chi connectivity index (χ0n) is 17.7. The van der Waals surface area contributed by atoms with E-state index < -0.39 is 0 Å². The normalized spacial score (nSPS) is 15.2. The average molecular weight is 381 g/mol. The van der Waals surface area contributed by atoms with E-state index in [1.807, 2.05) is 25.2 Å². The van der Waals surface area contributed by atoms with Crippen LogP contribution in [0.2, 0.25) is 0 Å². The highest BCUT2D eigenvalue weighted by Gasteiger charge is 2.26. The van der Waals surface area contributed by atoms with Crippen molar-refractivity contribution in [3.05, 3.63) is 69.8 Å². The number of hydrogen-bond donors (Lipinski definition) is 1. The topological polar surface area (TPSA) is 49.4 Å². The van der Waals surface area contributed by atoms with Gasteiger partial charge in [-0.05, 0) is 45.7 Å². The summed E-state index contributed by atoms with van der Waals surface area (Å²) in [7, 11) is 1.84. The van der Waals surface area contributed by atoms with E-state index in [2.05, 4.69) is 58.1 Å². The van der Waals surface area contributed by atoms with Crippen LogP contribution < -0.4 is 5.32 Å². The first-order valence-corrected chi connectivity index (χ1v) is 9.88. The third kappa shape index (κ3) is 3.82. The minimum absolute atomic E-state index is 0. The van der Waals surface area contributed by atoms with Crippen LogP contribution in [-0.4, -0.2) is 23.8 Å². The molecule has 2 heterocycles. The summed E-state index contributed by atoms with van der Waals surface area (Å²) in [6.07, 6.45) is 0. The molecule has 0 atom stereocenters. The van der Waals surface area contributed by atoms with Crippen molar-refractivity contribution in [2.75, 3.05) is 7.05 Å². The van der Waals surface area contributed by atoms with Gasteiger partial charge in [0.25, 0.3) is 11.8 Å². The number of rotatable bonds is 1. The standard InChI is InChI=1S/2C12H15NO.H2/c1-8(2)9-4-5-10-7-13(3)12(14)11(10)6-9;1-12(2,3)10-6-4-5-8-9(10)7-13-11(8)14;/h4-6,8H,7H2,1-3H3;4-6H,7H2,1-3H3,(H,13,14);1H. The predicted octanol–water partition coefficient (Wildman–Crippen LogP) is 4.87. The van der Waals surface area contributed by atoms with Crippen LogP contribution in [-0.2, 0) is 18.5 Å². The molecule has 0 aliphatic carbocycles. The minimum atomic E-state index is 0. The van der Waals surface area contributed by atoms with E-state index in [0.717, 1.165) is 23.2 Å². The number of hydrogen-bond acceptors (Lipinski definition) is 2. The number of carbonyl (C=O) groups excluding carboxylic acids is 2. The van der Waals surface area contributed by atoms with Crippen molar-refractivity contribution in [2.24, 2.45) is 0 Å². The molecule has 0 fully saturated rings. The van der Waals surface area contributed by atoms with Gasteiger partial charge in [0, 0.05) is 32.7 Å². The van der Waals surface area contributed by atoms with Crippen LogP contribution in [0.1, 0.15) is 84.9 Å². The minimum Gasteiger partial charge on any atom is -0.348 e. The number of nitrogens with one attached hydrogen (secondary N) is 1. The van der Waals surface area contributed by atoms with Crippen molar-refractivity contribution in [1.82, 2.24) is 10.2 Å². The Bertz CT molecular complexity index is 929. The van der Waals surface area contributed by atoms with Gasteiger partial charge in [0.15, 0.2) is 0 Å². The van der Waals surface area contributed by atoms with Crippen LogP contribution in [0.5, 0.6) is 0 Å². The quantitative estimate of drug-likeness (QED) is 0.767. The number of benzene rings is 2. The first kappa shape index (κ1) is 20.1. The molecule has 2 aromatic carbocycles. The highest BCUT2D eigenvalue weighted by molar-refractivity contribution is 5.99. The molecule has 2 aliphatic heterocycles. The van der Waals surface area contributed by atoms with Crippen molar-refractivity contribution in [3.63, 3.8) is 0 Å². The maximum atomic E-state index is 11.7. The summed E-state index contributed by atoms with van der Waals surface area (Å²) in [5.41, 5.74) is 6.68. The van der Waals surface area contributed by atoms with Crippen LogP contribution in [0.3, 0.4) is 0 Å². The van der Waals surface area contributed by atoms with Gasteiger partial charge in [-0.3, -0.25) is 9.59 Å². The van der Waals surface area contributed by atoms with Crippen LogP contribution in [0.25, 0.3) is 0 Å². The first-order chi connectivity index (χ1) is 13.1. The van der Waals surface area contributed by atoms with Crippen molar-refractivity contribution in [2.45, 2.75) is 59.0 Å². The molecular weight excluding hydrogens is 348 g/mol. The molecule has 4 rings (SSSR count). The van der Waals surface area contributed by atoms with Crippen LogP contribution in [0.4, 0.5) is 0 Å². The fourth-order valence-electron chi connectivity index (χ4n) is 3.78. The molecule has 28 heavy (non-hydrogen) atoms. The fourth-order valence-corrected chi connectivity index (χ4v) is 3.78. The lowest BCUT2D eigenvalue weighted by Crippen LogP contribution is -2.17. The fraction of sp³-hybridized carbons (Fsp3) is 0.417. The largest absolute Gasteiger partial charge is 0.348 e. The van der Waals surface area contributed by atoms with Crippen LogP contribution in [0.15, 0.2) is 36.4 Å². The molecule has 4 nitrogen and oxygen atoms in total. The van der Waals surface area contributed by atoms with Gasteiger partial charge in [0.05, 0.1) is 0 Å². The molecule has 0 bridgehead atoms. The number of fused-ring (bicyclic) bond motifs is 2. The van der Waals surface area contributed by atoms with Crippen molar-refractivity contribution in [3.8, 4) is 0 Å². The molecule has 0 spiro atoms. The zero-order valence-corrected chi connectivity index (χ0v) is 17.7. The van der Waals surface area contributed by atoms with E-state index in [-0.39, 0.29) is 18.7 Å². The first-order valence-electron chi connectivity index (χ1n) is 9.88. The molecule has 2 aromatic rings. The van der Waals surface area contributed by atoms with E-state index >= 15 is 0 Å². The molecule has 2 aliphatic rings. The van der Waals surface area contributed by atoms with Gasteiger partial charge in [0.1, 0.15) is 0 Å². The summed E-state index contributed by atoms with van der Waals surface area (Å²) in [6.45, 7) is 12.2. The summed E-state index contributed by atoms with van der Waals surface area (Å²) in [5, 5.41) is 2.86. The summed E-state index contributed by atoms with van der Waals surface area (Å²) in [4.78, 5) is 24.9. The number of carbonyl (C=O) groups is 2. The Morgan fingerprint density at radius 3 is 2.43 bits per heavy atom. The van der Waals surface area contributed by atoms with Gasteiger partial charge in [-0.25, -0.2) is 0 Å². The summed E-state index contributed by atoms with van der Waals surface area (Å²) < 4.78 is 0. The highest BCUT2D eigenvalue weighted by atomic mass is 16.2. The van der Waals surface area contributed by atoms with Crippen molar-refractivity contribution in [1.29, 1.82) is 0 Å². The Labute approximate surface area is 169 Å². The summed E-state index contributed by atoms with van der Waals surface area (Å²) in [6, 6.07) is 12.2. The monoisotopic (exact) mass is 380 g/mol. The van der Waals surface area contributed by atoms with Gasteiger partial charge >= 0.3 is 0 Å². The Hall–Kier alpha value is -2.62. The van der Waals surface area contributed by atoms with Crippen molar-refractivity contribution < 1.29 is 11.0 Å². The van der Waals surface area contributed by atoms with Gasteiger partial charge in [-0.15, -0.1) is 0 Å². The zero-order chi connectivity index (χ0) is 20.6. The molecule has 1 N–H and O–H groups in total. The maximum absolute atomic E-state index is 11.7. The SMILES string of the molecule is CC(C)(C)c1cccc2c1CNC2=O.CC(C)c1ccc2c(c1)C(=O)N(C)C2.[HH]. The van der Waals surface area contributed by atoms with Gasteiger partial charge in [-0.1, -0.05) is 58.9 Å². The second kappa shape index (κ2) is 7.42. The Kier molecular flexibility index (Phi) is 5.33. The summed E-state index contributed by atoms with van der Waals surface area (Å²) >= 11 is 0. The molecule has 0 unspecified atom stereocenters. The molecule has 0 saturated carbocycles. The lowest BCUT2D eigenvalue weighted by atomic mass is 9.83. The highest BCUT2D eigenvalue weighted by Crippen LogP contribution is 2.30. The Morgan fingerprint density at radius 1 is 1.07 bits per heavy atom. The second-order valence-corrected chi connectivity index (χ2v) is 9.00. The van der Waals surface area contributed by atoms with E-state index in [9.17, 15) is 9.59 Å². The number of amides is 2. The molecule has 4 heteroatoms. The molecular formula is C24H32N2O2. The Morgan fingerprint density at radius 2 is 1.79 bits per heavy atom. The molecule has 0 aromatic heterocycles. The summed E-state index contributed by atoms with van der Waals surface area (Å²) in [5.74, 6) is 0.701. The molecule has 0 radical (unpaired) electrons. The molecule has 0 saturated heterocycles. The molecule has 2 amide bonds. The average Bonchev–Trinajstić information content (AvgIpc) is 3.15. The van der Waals surface area contributed by atoms with Crippen LogP contribution in [0, 0.1) is 0 Å². The Balaban J connectivity index is 0.000000200. The van der Waals surface area contributed by atoms with E-state index in [4.69, 9.17) is 0 Å². The van der Waals surface area contributed by atoms with E-state index in [0.29, 0.717) is 12.5 Å². The van der Waals surface area contributed by atoms with E-state index in [1.54, 1.807) is 4.90 Å². The van der Waals surface area contributed by atoms with Crippen LogP contribution >= 0.6 is 0 Å². The van der Waals surface area contributed by atoms with Crippen molar-refractivity contribution >= 4 is 11.8 Å². The lowest BCUT2D eigenvalue weighted by molar-refractivity contribution is 0.0816. The number of nitrogens with zero attached hydrogens (tertiary/aromatic N) is 1. The maximum Gasteiger partial charge on any atom is 0.254 e. The lowest BCUT2D eigenvalue weighted by Gasteiger charge is -2.21.